The average molecular weight is 490 g/mol. The zero-order chi connectivity index (χ0) is 24.4. The number of anilines is 1. The summed E-state index contributed by atoms with van der Waals surface area (Å²) in [5.74, 6) is -0.0101. The van der Waals surface area contributed by atoms with E-state index < -0.39 is 10.0 Å². The van der Waals surface area contributed by atoms with Crippen molar-refractivity contribution >= 4 is 21.6 Å². The quantitative estimate of drug-likeness (QED) is 0.542. The number of benzene rings is 3. The molecule has 0 aliphatic carbocycles. The van der Waals surface area contributed by atoms with Crippen LogP contribution < -0.4 is 4.90 Å². The van der Waals surface area contributed by atoms with Crippen LogP contribution in [0.2, 0.25) is 0 Å². The van der Waals surface area contributed by atoms with E-state index in [4.69, 9.17) is 0 Å². The number of carbonyl (C=O) groups is 1. The number of carbonyl (C=O) groups excluding carboxylic acids is 1. The van der Waals surface area contributed by atoms with E-state index in [9.17, 15) is 13.2 Å². The van der Waals surface area contributed by atoms with Gasteiger partial charge in [-0.2, -0.15) is 4.31 Å². The molecule has 3 aromatic carbocycles. The highest BCUT2D eigenvalue weighted by Crippen LogP contribution is 2.33. The standard InChI is InChI=1S/C28H31N3O3S/c1-22(32)31-16-8-13-25-21-26(14-15-27(25)31)35(33,34)30-19-17-29(18-20-30)28(23-9-4-2-5-10-23)24-11-6-3-7-12-24/h2-7,9-12,14-15,21,28H,8,13,16-20H2,1H3. The minimum Gasteiger partial charge on any atom is -0.312 e. The lowest BCUT2D eigenvalue weighted by Crippen LogP contribution is -2.49. The Bertz CT molecular complexity index is 1250. The highest BCUT2D eigenvalue weighted by atomic mass is 32.2. The van der Waals surface area contributed by atoms with E-state index in [0.717, 1.165) is 24.1 Å². The Morgan fingerprint density at radius 2 is 1.40 bits per heavy atom. The SMILES string of the molecule is CC(=O)N1CCCc2cc(S(=O)(=O)N3CCN(C(c4ccccc4)c4ccccc4)CC3)ccc21. The van der Waals surface area contributed by atoms with E-state index in [-0.39, 0.29) is 11.9 Å². The summed E-state index contributed by atoms with van der Waals surface area (Å²) in [6.45, 7) is 4.41. The van der Waals surface area contributed by atoms with Gasteiger partial charge in [-0.05, 0) is 47.7 Å². The summed E-state index contributed by atoms with van der Waals surface area (Å²) in [7, 11) is -3.61. The number of piperazine rings is 1. The van der Waals surface area contributed by atoms with Gasteiger partial charge in [-0.15, -0.1) is 0 Å². The molecule has 182 valence electrons. The lowest BCUT2D eigenvalue weighted by molar-refractivity contribution is -0.116. The minimum absolute atomic E-state index is 0.0101. The van der Waals surface area contributed by atoms with Crippen molar-refractivity contribution in [3.8, 4) is 0 Å². The largest absolute Gasteiger partial charge is 0.312 e. The van der Waals surface area contributed by atoms with Crippen LogP contribution >= 0.6 is 0 Å². The van der Waals surface area contributed by atoms with Crippen LogP contribution in [0.25, 0.3) is 0 Å². The summed E-state index contributed by atoms with van der Waals surface area (Å²) in [4.78, 5) is 16.4. The van der Waals surface area contributed by atoms with Gasteiger partial charge in [0.05, 0.1) is 10.9 Å². The van der Waals surface area contributed by atoms with Gasteiger partial charge in [0.2, 0.25) is 15.9 Å². The number of aryl methyl sites for hydroxylation is 1. The van der Waals surface area contributed by atoms with Gasteiger partial charge in [-0.1, -0.05) is 60.7 Å². The van der Waals surface area contributed by atoms with Gasteiger partial charge in [-0.3, -0.25) is 9.69 Å². The number of amides is 1. The van der Waals surface area contributed by atoms with E-state index in [2.05, 4.69) is 53.4 Å². The van der Waals surface area contributed by atoms with Crippen LogP contribution in [0.4, 0.5) is 5.69 Å². The molecule has 0 saturated carbocycles. The van der Waals surface area contributed by atoms with Gasteiger partial charge >= 0.3 is 0 Å². The van der Waals surface area contributed by atoms with Gasteiger partial charge < -0.3 is 4.90 Å². The molecule has 1 fully saturated rings. The molecule has 3 aromatic rings. The summed E-state index contributed by atoms with van der Waals surface area (Å²) < 4.78 is 28.7. The molecule has 35 heavy (non-hydrogen) atoms. The summed E-state index contributed by atoms with van der Waals surface area (Å²) in [6, 6.07) is 26.1. The molecule has 2 aliphatic heterocycles. The first-order valence-electron chi connectivity index (χ1n) is 12.2. The molecule has 0 unspecified atom stereocenters. The fraction of sp³-hybridized carbons (Fsp3) is 0.321. The molecule has 0 bridgehead atoms. The predicted octanol–water partition coefficient (Wildman–Crippen LogP) is 4.08. The second kappa shape index (κ2) is 9.93. The number of sulfonamides is 1. The second-order valence-electron chi connectivity index (χ2n) is 9.23. The number of hydrogen-bond donors (Lipinski definition) is 0. The van der Waals surface area contributed by atoms with Crippen molar-refractivity contribution in [2.45, 2.75) is 30.7 Å². The number of rotatable bonds is 5. The summed E-state index contributed by atoms with van der Waals surface area (Å²) in [5, 5.41) is 0. The van der Waals surface area contributed by atoms with E-state index in [1.807, 2.05) is 12.1 Å². The Balaban J connectivity index is 1.35. The lowest BCUT2D eigenvalue weighted by Gasteiger charge is -2.39. The third-order valence-electron chi connectivity index (χ3n) is 7.06. The first-order valence-corrected chi connectivity index (χ1v) is 13.6. The highest BCUT2D eigenvalue weighted by molar-refractivity contribution is 7.89. The smallest absolute Gasteiger partial charge is 0.243 e. The number of fused-ring (bicyclic) bond motifs is 1. The van der Waals surface area contributed by atoms with E-state index >= 15 is 0 Å². The van der Waals surface area contributed by atoms with Crippen molar-refractivity contribution in [1.29, 1.82) is 0 Å². The molecule has 2 aliphatic rings. The molecule has 5 rings (SSSR count). The Hall–Kier alpha value is -3.00. The third-order valence-corrected chi connectivity index (χ3v) is 8.95. The zero-order valence-corrected chi connectivity index (χ0v) is 20.8. The Morgan fingerprint density at radius 3 is 1.97 bits per heavy atom. The second-order valence-corrected chi connectivity index (χ2v) is 11.2. The monoisotopic (exact) mass is 489 g/mol. The van der Waals surface area contributed by atoms with Crippen LogP contribution in [0.3, 0.4) is 0 Å². The van der Waals surface area contributed by atoms with Crippen LogP contribution in [-0.2, 0) is 21.2 Å². The van der Waals surface area contributed by atoms with Gasteiger partial charge in [0.25, 0.3) is 0 Å². The maximum absolute atomic E-state index is 13.5. The van der Waals surface area contributed by atoms with Crippen LogP contribution in [0.1, 0.15) is 36.1 Å². The molecule has 0 atom stereocenters. The Kier molecular flexibility index (Phi) is 6.73. The molecule has 1 saturated heterocycles. The Labute approximate surface area is 207 Å². The van der Waals surface area contributed by atoms with Crippen molar-refractivity contribution in [1.82, 2.24) is 9.21 Å². The van der Waals surface area contributed by atoms with E-state index in [1.165, 1.54) is 11.1 Å². The minimum atomic E-state index is -3.61. The van der Waals surface area contributed by atoms with Gasteiger partial charge in [-0.25, -0.2) is 8.42 Å². The van der Waals surface area contributed by atoms with Gasteiger partial charge in [0.1, 0.15) is 0 Å². The van der Waals surface area contributed by atoms with Crippen molar-refractivity contribution < 1.29 is 13.2 Å². The first-order chi connectivity index (χ1) is 16.9. The highest BCUT2D eigenvalue weighted by Gasteiger charge is 2.33. The van der Waals surface area contributed by atoms with E-state index in [0.29, 0.717) is 37.6 Å². The zero-order valence-electron chi connectivity index (χ0n) is 20.0. The summed E-state index contributed by atoms with van der Waals surface area (Å²) in [6.07, 6.45) is 1.63. The molecular weight excluding hydrogens is 458 g/mol. The topological polar surface area (TPSA) is 60.9 Å². The molecule has 0 N–H and O–H groups in total. The van der Waals surface area contributed by atoms with Crippen molar-refractivity contribution in [3.63, 3.8) is 0 Å². The number of nitrogens with zero attached hydrogens (tertiary/aromatic N) is 3. The lowest BCUT2D eigenvalue weighted by atomic mass is 9.96. The molecular formula is C28H31N3O3S. The van der Waals surface area contributed by atoms with Crippen molar-refractivity contribution in [2.75, 3.05) is 37.6 Å². The average Bonchev–Trinajstić information content (AvgIpc) is 2.89. The molecule has 2 heterocycles. The molecule has 0 aromatic heterocycles. The van der Waals surface area contributed by atoms with Gasteiger partial charge in [0, 0.05) is 45.3 Å². The molecule has 7 heteroatoms. The van der Waals surface area contributed by atoms with Gasteiger partial charge in [0.15, 0.2) is 0 Å². The third kappa shape index (κ3) is 4.76. The van der Waals surface area contributed by atoms with Crippen LogP contribution in [0.5, 0.6) is 0 Å². The maximum atomic E-state index is 13.5. The fourth-order valence-electron chi connectivity index (χ4n) is 5.30. The molecule has 1 amide bonds. The maximum Gasteiger partial charge on any atom is 0.243 e. The molecule has 0 radical (unpaired) electrons. The van der Waals surface area contributed by atoms with Crippen LogP contribution in [-0.4, -0.2) is 56.3 Å². The van der Waals surface area contributed by atoms with Crippen molar-refractivity contribution in [2.24, 2.45) is 0 Å². The molecule has 6 nitrogen and oxygen atoms in total. The first kappa shape index (κ1) is 23.7. The van der Waals surface area contributed by atoms with Crippen LogP contribution in [0, 0.1) is 0 Å². The Morgan fingerprint density at radius 1 is 0.800 bits per heavy atom. The van der Waals surface area contributed by atoms with Crippen LogP contribution in [0.15, 0.2) is 83.8 Å². The normalized spacial score (nSPS) is 17.4. The molecule has 0 spiro atoms. The number of hydrogen-bond acceptors (Lipinski definition) is 4. The van der Waals surface area contributed by atoms with Crippen molar-refractivity contribution in [3.05, 3.63) is 95.6 Å². The fourth-order valence-corrected chi connectivity index (χ4v) is 6.77. The summed E-state index contributed by atoms with van der Waals surface area (Å²) in [5.41, 5.74) is 4.18. The van der Waals surface area contributed by atoms with E-state index in [1.54, 1.807) is 34.3 Å². The predicted molar refractivity (Wildman–Crippen MR) is 138 cm³/mol. The summed E-state index contributed by atoms with van der Waals surface area (Å²) >= 11 is 0.